The summed E-state index contributed by atoms with van der Waals surface area (Å²) in [5, 5.41) is 2.40. The van der Waals surface area contributed by atoms with Gasteiger partial charge < -0.3 is 4.74 Å². The highest BCUT2D eigenvalue weighted by Gasteiger charge is 1.99. The first-order chi connectivity index (χ1) is 6.92. The van der Waals surface area contributed by atoms with Crippen LogP contribution in [0.25, 0.3) is 10.8 Å². The lowest BCUT2D eigenvalue weighted by molar-refractivity contribution is 0.354. The molecule has 0 aromatic heterocycles. The molecular weight excluding hydrogens is 172 g/mol. The second-order valence-corrected chi connectivity index (χ2v) is 3.20. The van der Waals surface area contributed by atoms with Gasteiger partial charge in [-0.15, -0.1) is 0 Å². The molecule has 0 amide bonds. The van der Waals surface area contributed by atoms with Gasteiger partial charge in [-0.3, -0.25) is 0 Å². The molecule has 0 heterocycles. The second kappa shape index (κ2) is 4.14. The van der Waals surface area contributed by atoms with E-state index in [4.69, 9.17) is 4.74 Å². The van der Waals surface area contributed by atoms with Crippen molar-refractivity contribution in [2.75, 3.05) is 6.61 Å². The molecule has 0 saturated carbocycles. The Hall–Kier alpha value is -1.50. The van der Waals surface area contributed by atoms with Crippen LogP contribution < -0.4 is 4.74 Å². The molecular formula is C13H13O. The van der Waals surface area contributed by atoms with Gasteiger partial charge in [-0.1, -0.05) is 43.3 Å². The van der Waals surface area contributed by atoms with Crippen molar-refractivity contribution in [1.29, 1.82) is 0 Å². The van der Waals surface area contributed by atoms with E-state index in [0.717, 1.165) is 5.75 Å². The van der Waals surface area contributed by atoms with Gasteiger partial charge in [-0.2, -0.15) is 0 Å². The molecule has 0 aliphatic carbocycles. The summed E-state index contributed by atoms with van der Waals surface area (Å²) in [5.41, 5.74) is 0. The summed E-state index contributed by atoms with van der Waals surface area (Å²) in [5.74, 6) is 0.959. The Morgan fingerprint density at radius 1 is 1.07 bits per heavy atom. The number of fused-ring (bicyclic) bond motifs is 1. The van der Waals surface area contributed by atoms with Crippen LogP contribution in [0.3, 0.4) is 0 Å². The van der Waals surface area contributed by atoms with Crippen molar-refractivity contribution in [1.82, 2.24) is 0 Å². The molecule has 0 unspecified atom stereocenters. The second-order valence-electron chi connectivity index (χ2n) is 3.20. The van der Waals surface area contributed by atoms with Gasteiger partial charge in [-0.05, 0) is 17.9 Å². The third-order valence-corrected chi connectivity index (χ3v) is 2.16. The van der Waals surface area contributed by atoms with Gasteiger partial charge in [0, 0.05) is 5.39 Å². The molecule has 2 rings (SSSR count). The lowest BCUT2D eigenvalue weighted by Gasteiger charge is -2.07. The summed E-state index contributed by atoms with van der Waals surface area (Å²) < 4.78 is 5.61. The Balaban J connectivity index is 2.43. The first kappa shape index (κ1) is 9.07. The van der Waals surface area contributed by atoms with Crippen molar-refractivity contribution in [3.05, 3.63) is 48.9 Å². The summed E-state index contributed by atoms with van der Waals surface area (Å²) in [4.78, 5) is 0. The Morgan fingerprint density at radius 3 is 2.71 bits per heavy atom. The zero-order valence-corrected chi connectivity index (χ0v) is 8.23. The van der Waals surface area contributed by atoms with Crippen LogP contribution >= 0.6 is 0 Å². The number of ether oxygens (including phenoxy) is 1. The smallest absolute Gasteiger partial charge is 0.127 e. The standard InChI is InChI=1S/C13H13O/c1-2-10-14-13-9-5-7-11-6-3-4-8-12(11)13/h2-9H,10H2,1H3. The number of hydrogen-bond acceptors (Lipinski definition) is 1. The number of hydrogen-bond donors (Lipinski definition) is 0. The Kier molecular flexibility index (Phi) is 2.68. The van der Waals surface area contributed by atoms with Crippen molar-refractivity contribution in [3.63, 3.8) is 0 Å². The first-order valence-corrected chi connectivity index (χ1v) is 4.80. The highest BCUT2D eigenvalue weighted by Crippen LogP contribution is 2.24. The largest absolute Gasteiger partial charge is 0.493 e. The zero-order chi connectivity index (χ0) is 9.80. The summed E-state index contributed by atoms with van der Waals surface area (Å²) >= 11 is 0. The SMILES string of the molecule is C[CH]COc1cccc2ccccc12. The van der Waals surface area contributed by atoms with Crippen LogP contribution in [0.5, 0.6) is 5.75 Å². The van der Waals surface area contributed by atoms with Crippen molar-refractivity contribution < 1.29 is 4.74 Å². The minimum Gasteiger partial charge on any atom is -0.493 e. The lowest BCUT2D eigenvalue weighted by Crippen LogP contribution is -1.95. The van der Waals surface area contributed by atoms with Crippen LogP contribution in [0.15, 0.2) is 42.5 Å². The molecule has 0 aliphatic rings. The van der Waals surface area contributed by atoms with Gasteiger partial charge in [0.2, 0.25) is 0 Å². The van der Waals surface area contributed by atoms with Crippen LogP contribution in [-0.2, 0) is 0 Å². The Bertz CT molecular complexity index is 415. The van der Waals surface area contributed by atoms with Gasteiger partial charge in [-0.25, -0.2) is 0 Å². The normalized spacial score (nSPS) is 10.4. The fourth-order valence-corrected chi connectivity index (χ4v) is 1.49. The van der Waals surface area contributed by atoms with E-state index >= 15 is 0 Å². The summed E-state index contributed by atoms with van der Waals surface area (Å²) in [6.07, 6.45) is 2.00. The Labute approximate surface area is 84.3 Å². The monoisotopic (exact) mass is 185 g/mol. The van der Waals surface area contributed by atoms with Crippen LogP contribution in [0.1, 0.15) is 6.92 Å². The molecule has 0 spiro atoms. The van der Waals surface area contributed by atoms with E-state index < -0.39 is 0 Å². The maximum absolute atomic E-state index is 5.61. The molecule has 0 atom stereocenters. The summed E-state index contributed by atoms with van der Waals surface area (Å²) in [6.45, 7) is 2.65. The Morgan fingerprint density at radius 2 is 1.86 bits per heavy atom. The summed E-state index contributed by atoms with van der Waals surface area (Å²) in [6, 6.07) is 14.4. The average Bonchev–Trinajstić information content (AvgIpc) is 2.26. The maximum atomic E-state index is 5.61. The van der Waals surface area contributed by atoms with Crippen molar-refractivity contribution >= 4 is 10.8 Å². The van der Waals surface area contributed by atoms with E-state index in [9.17, 15) is 0 Å². The van der Waals surface area contributed by atoms with Crippen LogP contribution in [0, 0.1) is 6.42 Å². The summed E-state index contributed by atoms with van der Waals surface area (Å²) in [7, 11) is 0. The fraction of sp³-hybridized carbons (Fsp3) is 0.154. The molecule has 0 aliphatic heterocycles. The van der Waals surface area contributed by atoms with E-state index in [2.05, 4.69) is 18.2 Å². The average molecular weight is 185 g/mol. The maximum Gasteiger partial charge on any atom is 0.127 e. The minimum absolute atomic E-state index is 0.661. The van der Waals surface area contributed by atoms with Gasteiger partial charge in [0.05, 0.1) is 6.61 Å². The molecule has 0 fully saturated rings. The van der Waals surface area contributed by atoms with E-state index in [-0.39, 0.29) is 0 Å². The number of benzene rings is 2. The van der Waals surface area contributed by atoms with Gasteiger partial charge >= 0.3 is 0 Å². The molecule has 0 N–H and O–H groups in total. The van der Waals surface area contributed by atoms with E-state index in [1.165, 1.54) is 10.8 Å². The fourth-order valence-electron chi connectivity index (χ4n) is 1.49. The molecule has 0 bridgehead atoms. The molecule has 14 heavy (non-hydrogen) atoms. The highest BCUT2D eigenvalue weighted by molar-refractivity contribution is 5.88. The minimum atomic E-state index is 0.661. The van der Waals surface area contributed by atoms with Crippen molar-refractivity contribution in [2.45, 2.75) is 6.92 Å². The van der Waals surface area contributed by atoms with Crippen LogP contribution in [0.4, 0.5) is 0 Å². The quantitative estimate of drug-likeness (QED) is 0.711. The topological polar surface area (TPSA) is 9.23 Å². The zero-order valence-electron chi connectivity index (χ0n) is 8.23. The van der Waals surface area contributed by atoms with E-state index in [1.807, 2.05) is 37.6 Å². The van der Waals surface area contributed by atoms with Crippen LogP contribution in [-0.4, -0.2) is 6.61 Å². The predicted octanol–water partition coefficient (Wildman–Crippen LogP) is 3.44. The third-order valence-electron chi connectivity index (χ3n) is 2.16. The molecule has 2 aromatic rings. The number of rotatable bonds is 3. The lowest BCUT2D eigenvalue weighted by atomic mass is 10.1. The molecule has 2 aromatic carbocycles. The van der Waals surface area contributed by atoms with Gasteiger partial charge in [0.1, 0.15) is 5.75 Å². The predicted molar refractivity (Wildman–Crippen MR) is 59.4 cm³/mol. The molecule has 1 heteroatoms. The van der Waals surface area contributed by atoms with E-state index in [0.29, 0.717) is 6.61 Å². The highest BCUT2D eigenvalue weighted by atomic mass is 16.5. The molecule has 0 saturated heterocycles. The van der Waals surface area contributed by atoms with Crippen molar-refractivity contribution in [2.24, 2.45) is 0 Å². The molecule has 1 radical (unpaired) electrons. The van der Waals surface area contributed by atoms with Gasteiger partial charge in [0.25, 0.3) is 0 Å². The van der Waals surface area contributed by atoms with Crippen LogP contribution in [0.2, 0.25) is 0 Å². The third kappa shape index (κ3) is 1.72. The van der Waals surface area contributed by atoms with Gasteiger partial charge in [0.15, 0.2) is 0 Å². The first-order valence-electron chi connectivity index (χ1n) is 4.80. The molecule has 71 valence electrons. The van der Waals surface area contributed by atoms with E-state index in [1.54, 1.807) is 0 Å². The molecule has 1 nitrogen and oxygen atoms in total. The van der Waals surface area contributed by atoms with Crippen molar-refractivity contribution in [3.8, 4) is 5.75 Å².